The van der Waals surface area contributed by atoms with Crippen molar-refractivity contribution in [3.05, 3.63) is 22.4 Å². The summed E-state index contributed by atoms with van der Waals surface area (Å²) >= 11 is 2.71. The third-order valence-corrected chi connectivity index (χ3v) is 3.81. The molecule has 0 spiro atoms. The molecule has 0 aromatic carbocycles. The van der Waals surface area contributed by atoms with Crippen molar-refractivity contribution in [2.24, 2.45) is 0 Å². The first-order valence-corrected chi connectivity index (χ1v) is 6.31. The van der Waals surface area contributed by atoms with Crippen LogP contribution in [0, 0.1) is 0 Å². The maximum absolute atomic E-state index is 12.3. The predicted molar refractivity (Wildman–Crippen MR) is 49.9 cm³/mol. The Kier molecular flexibility index (Phi) is 3.44. The van der Waals surface area contributed by atoms with Crippen LogP contribution in [0.15, 0.2) is 21.6 Å². The molecule has 1 rings (SSSR count). The van der Waals surface area contributed by atoms with Crippen molar-refractivity contribution in [3.8, 4) is 0 Å². The molecule has 0 bridgehead atoms. The lowest BCUT2D eigenvalue weighted by Gasteiger charge is -2.04. The van der Waals surface area contributed by atoms with E-state index < -0.39 is 26.1 Å². The molecule has 14 heavy (non-hydrogen) atoms. The minimum Gasteiger partial charge on any atom is -0.254 e. The zero-order chi connectivity index (χ0) is 10.9. The first kappa shape index (κ1) is 11.8. The van der Waals surface area contributed by atoms with Crippen LogP contribution in [0.3, 0.4) is 0 Å². The van der Waals surface area contributed by atoms with Gasteiger partial charge in [0.15, 0.2) is 0 Å². The molecule has 3 nitrogen and oxygen atoms in total. The van der Waals surface area contributed by atoms with Gasteiger partial charge in [-0.3, -0.25) is 4.98 Å². The van der Waals surface area contributed by atoms with Crippen LogP contribution in [0.1, 0.15) is 12.1 Å². The van der Waals surface area contributed by atoms with Crippen molar-refractivity contribution in [2.75, 3.05) is 0 Å². The monoisotopic (exact) mass is 305 g/mol. The van der Waals surface area contributed by atoms with Gasteiger partial charge in [-0.2, -0.15) is 0 Å². The van der Waals surface area contributed by atoms with E-state index in [1.165, 1.54) is 0 Å². The molecule has 78 valence electrons. The van der Waals surface area contributed by atoms with Gasteiger partial charge in [0.1, 0.15) is 10.6 Å². The summed E-state index contributed by atoms with van der Waals surface area (Å²) in [6.45, 7) is 0. The molecule has 8 heteroatoms. The summed E-state index contributed by atoms with van der Waals surface area (Å²) in [6, 6.07) is 1.04. The highest BCUT2D eigenvalue weighted by Crippen LogP contribution is 2.31. The van der Waals surface area contributed by atoms with E-state index in [0.29, 0.717) is 0 Å². The molecule has 0 atom stereocenters. The molecule has 0 fully saturated rings. The summed E-state index contributed by atoms with van der Waals surface area (Å²) in [5, 5.41) is 0. The molecular formula is C6H3BrClF2NO2S. The van der Waals surface area contributed by atoms with E-state index in [1.54, 1.807) is 0 Å². The fourth-order valence-corrected chi connectivity index (χ4v) is 3.04. The van der Waals surface area contributed by atoms with Crippen molar-refractivity contribution >= 4 is 35.7 Å². The summed E-state index contributed by atoms with van der Waals surface area (Å²) in [4.78, 5) is 2.92. The van der Waals surface area contributed by atoms with E-state index >= 15 is 0 Å². The van der Waals surface area contributed by atoms with Crippen LogP contribution in [0.25, 0.3) is 0 Å². The Morgan fingerprint density at radius 1 is 1.50 bits per heavy atom. The SMILES string of the molecule is O=S(=O)(Cl)c1ccnc(C(F)F)c1Br. The lowest BCUT2D eigenvalue weighted by atomic mass is 10.4. The molecule has 0 aliphatic heterocycles. The Bertz CT molecular complexity index is 451. The Hall–Kier alpha value is -0.270. The van der Waals surface area contributed by atoms with Crippen molar-refractivity contribution < 1.29 is 17.2 Å². The van der Waals surface area contributed by atoms with Gasteiger partial charge in [-0.05, 0) is 22.0 Å². The van der Waals surface area contributed by atoms with Crippen LogP contribution in [-0.2, 0) is 9.05 Å². The maximum atomic E-state index is 12.3. The lowest BCUT2D eigenvalue weighted by molar-refractivity contribution is 0.145. The number of rotatable bonds is 2. The van der Waals surface area contributed by atoms with Gasteiger partial charge in [0.05, 0.1) is 4.47 Å². The zero-order valence-electron chi connectivity index (χ0n) is 6.42. The lowest BCUT2D eigenvalue weighted by Crippen LogP contribution is -1.99. The fourth-order valence-electron chi connectivity index (χ4n) is 0.782. The summed E-state index contributed by atoms with van der Waals surface area (Å²) < 4.78 is 46.0. The molecular weight excluding hydrogens is 303 g/mol. The standard InChI is InChI=1S/C6H3BrClF2NO2S/c7-4-3(14(8,12)13)1-2-11-5(4)6(9)10/h1-2,6H. The molecule has 0 N–H and O–H groups in total. The van der Waals surface area contributed by atoms with Crippen molar-refractivity contribution in [1.29, 1.82) is 0 Å². The number of alkyl halides is 2. The van der Waals surface area contributed by atoms with E-state index in [0.717, 1.165) is 12.3 Å². The summed E-state index contributed by atoms with van der Waals surface area (Å²) in [6.07, 6.45) is -1.90. The third kappa shape index (κ3) is 2.40. The molecule has 0 aliphatic rings. The van der Waals surface area contributed by atoms with E-state index in [9.17, 15) is 17.2 Å². The normalized spacial score (nSPS) is 12.1. The van der Waals surface area contributed by atoms with Gasteiger partial charge >= 0.3 is 0 Å². The van der Waals surface area contributed by atoms with Crippen LogP contribution in [0.5, 0.6) is 0 Å². The van der Waals surface area contributed by atoms with E-state index in [1.807, 2.05) is 0 Å². The molecule has 0 unspecified atom stereocenters. The van der Waals surface area contributed by atoms with Gasteiger partial charge in [-0.25, -0.2) is 17.2 Å². The Morgan fingerprint density at radius 2 is 2.07 bits per heavy atom. The molecule has 1 aromatic rings. The third-order valence-electron chi connectivity index (χ3n) is 1.35. The van der Waals surface area contributed by atoms with Gasteiger partial charge in [0, 0.05) is 16.9 Å². The second kappa shape index (κ2) is 4.08. The van der Waals surface area contributed by atoms with Crippen LogP contribution in [0.4, 0.5) is 8.78 Å². The molecule has 1 heterocycles. The number of halogens is 4. The molecule has 0 aliphatic carbocycles. The second-order valence-corrected chi connectivity index (χ2v) is 5.57. The fraction of sp³-hybridized carbons (Fsp3) is 0.167. The topological polar surface area (TPSA) is 47.0 Å². The first-order chi connectivity index (χ1) is 6.34. The molecule has 0 saturated carbocycles. The Labute approximate surface area is 91.6 Å². The van der Waals surface area contributed by atoms with Gasteiger partial charge in [-0.15, -0.1) is 0 Å². The molecule has 0 amide bonds. The average molecular weight is 307 g/mol. The summed E-state index contributed by atoms with van der Waals surface area (Å²) in [5.74, 6) is 0. The molecule has 0 saturated heterocycles. The number of nitrogens with zero attached hydrogens (tertiary/aromatic N) is 1. The molecule has 0 radical (unpaired) electrons. The van der Waals surface area contributed by atoms with Crippen molar-refractivity contribution in [1.82, 2.24) is 4.98 Å². The van der Waals surface area contributed by atoms with Gasteiger partial charge in [-0.1, -0.05) is 0 Å². The summed E-state index contributed by atoms with van der Waals surface area (Å²) in [5.41, 5.74) is -0.647. The van der Waals surface area contributed by atoms with Gasteiger partial charge in [0.25, 0.3) is 15.5 Å². The van der Waals surface area contributed by atoms with Crippen LogP contribution in [0.2, 0.25) is 0 Å². The highest BCUT2D eigenvalue weighted by molar-refractivity contribution is 9.10. The number of aromatic nitrogens is 1. The highest BCUT2D eigenvalue weighted by atomic mass is 79.9. The number of hydrogen-bond donors (Lipinski definition) is 0. The predicted octanol–water partition coefficient (Wildman–Crippen LogP) is 2.71. The minimum atomic E-state index is -4.04. The Balaban J connectivity index is 3.43. The molecule has 1 aromatic heterocycles. The van der Waals surface area contributed by atoms with Crippen LogP contribution in [-0.4, -0.2) is 13.4 Å². The van der Waals surface area contributed by atoms with Crippen LogP contribution < -0.4 is 0 Å². The first-order valence-electron chi connectivity index (χ1n) is 3.21. The zero-order valence-corrected chi connectivity index (χ0v) is 9.57. The maximum Gasteiger partial charge on any atom is 0.281 e. The quantitative estimate of drug-likeness (QED) is 0.789. The summed E-state index contributed by atoms with van der Waals surface area (Å²) in [7, 11) is 0.973. The smallest absolute Gasteiger partial charge is 0.254 e. The average Bonchev–Trinajstić information content (AvgIpc) is 2.01. The Morgan fingerprint density at radius 3 is 2.50 bits per heavy atom. The number of pyridine rings is 1. The number of hydrogen-bond acceptors (Lipinski definition) is 3. The van der Waals surface area contributed by atoms with E-state index in [-0.39, 0.29) is 4.47 Å². The van der Waals surface area contributed by atoms with Crippen molar-refractivity contribution in [3.63, 3.8) is 0 Å². The van der Waals surface area contributed by atoms with Gasteiger partial charge in [0.2, 0.25) is 0 Å². The largest absolute Gasteiger partial charge is 0.281 e. The van der Waals surface area contributed by atoms with Gasteiger partial charge < -0.3 is 0 Å². The van der Waals surface area contributed by atoms with Crippen LogP contribution >= 0.6 is 26.6 Å². The highest BCUT2D eigenvalue weighted by Gasteiger charge is 2.21. The second-order valence-electron chi connectivity index (χ2n) is 2.25. The minimum absolute atomic E-state index is 0.301. The van der Waals surface area contributed by atoms with E-state index in [2.05, 4.69) is 20.9 Å². The van der Waals surface area contributed by atoms with Crippen molar-refractivity contribution in [2.45, 2.75) is 11.3 Å². The van der Waals surface area contributed by atoms with E-state index in [4.69, 9.17) is 10.7 Å².